The zero-order chi connectivity index (χ0) is 26.4. The third kappa shape index (κ3) is 7.18. The molecule has 41 heavy (non-hydrogen) atoms. The Morgan fingerprint density at radius 3 is 2.66 bits per heavy atom. The molecule has 12 heteroatoms. The second kappa shape index (κ2) is 14.6. The summed E-state index contributed by atoms with van der Waals surface area (Å²) in [5, 5.41) is 14.1. The number of nitrogens with zero attached hydrogens (tertiary/aromatic N) is 3. The molecule has 3 aromatic rings. The van der Waals surface area contributed by atoms with Crippen LogP contribution in [-0.2, 0) is 9.47 Å². The summed E-state index contributed by atoms with van der Waals surface area (Å²) in [4.78, 5) is 7.01. The molecule has 2 saturated heterocycles. The molecule has 3 aliphatic rings. The minimum Gasteiger partial charge on any atom is -0.493 e. The highest BCUT2D eigenvalue weighted by Gasteiger charge is 2.23. The second-order valence-corrected chi connectivity index (χ2v) is 9.72. The van der Waals surface area contributed by atoms with Crippen LogP contribution in [0.4, 0.5) is 11.4 Å². The monoisotopic (exact) mass is 604 g/mol. The first-order valence-electron chi connectivity index (χ1n) is 13.5. The van der Waals surface area contributed by atoms with Crippen molar-refractivity contribution < 1.29 is 28.4 Å². The normalized spacial score (nSPS) is 16.8. The molecule has 0 radical (unpaired) electrons. The summed E-state index contributed by atoms with van der Waals surface area (Å²) < 4.78 is 35.0. The van der Waals surface area contributed by atoms with Gasteiger partial charge in [0.2, 0.25) is 6.79 Å². The molecule has 0 spiro atoms. The van der Waals surface area contributed by atoms with Gasteiger partial charge in [0, 0.05) is 50.8 Å². The molecule has 0 aliphatic carbocycles. The lowest BCUT2D eigenvalue weighted by molar-refractivity contribution is 0.0261. The van der Waals surface area contributed by atoms with Crippen LogP contribution in [0.5, 0.6) is 23.0 Å². The maximum absolute atomic E-state index is 9.99. The number of hydrogen-bond acceptors (Lipinski definition) is 10. The van der Waals surface area contributed by atoms with Crippen molar-refractivity contribution in [2.24, 2.45) is 0 Å². The number of aromatic nitrogens is 1. The van der Waals surface area contributed by atoms with E-state index in [1.54, 1.807) is 6.20 Å². The van der Waals surface area contributed by atoms with Gasteiger partial charge < -0.3 is 33.7 Å². The Bertz CT molecular complexity index is 1360. The molecule has 2 aromatic carbocycles. The van der Waals surface area contributed by atoms with Crippen molar-refractivity contribution in [1.82, 2.24) is 9.88 Å². The SMILES string of the molecule is Cl.Cl.N#Cc1cnc2cc(OCCCN3CCOCC3)cc(OC3CCOCC3)c2c1Nc1cccc2c1OCO2. The van der Waals surface area contributed by atoms with E-state index in [0.717, 1.165) is 57.5 Å². The van der Waals surface area contributed by atoms with Crippen molar-refractivity contribution in [1.29, 1.82) is 5.26 Å². The fraction of sp³-hybridized carbons (Fsp3) is 0.448. The van der Waals surface area contributed by atoms with Gasteiger partial charge in [-0.05, 0) is 18.6 Å². The van der Waals surface area contributed by atoms with Gasteiger partial charge >= 0.3 is 0 Å². The van der Waals surface area contributed by atoms with Crippen LogP contribution in [0.1, 0.15) is 24.8 Å². The highest BCUT2D eigenvalue weighted by atomic mass is 35.5. The van der Waals surface area contributed by atoms with Crippen LogP contribution in [0.2, 0.25) is 0 Å². The van der Waals surface area contributed by atoms with E-state index in [9.17, 15) is 5.26 Å². The molecule has 3 aliphatic heterocycles. The number of anilines is 2. The summed E-state index contributed by atoms with van der Waals surface area (Å²) in [5.41, 5.74) is 2.38. The molecular formula is C29H34Cl2N4O6. The predicted molar refractivity (Wildman–Crippen MR) is 159 cm³/mol. The fourth-order valence-electron chi connectivity index (χ4n) is 5.09. The molecule has 4 heterocycles. The van der Waals surface area contributed by atoms with E-state index in [4.69, 9.17) is 28.4 Å². The molecule has 0 amide bonds. The van der Waals surface area contributed by atoms with Crippen molar-refractivity contribution in [2.45, 2.75) is 25.4 Å². The highest BCUT2D eigenvalue weighted by molar-refractivity contribution is 6.01. The Hall–Kier alpha value is -3.20. The lowest BCUT2D eigenvalue weighted by Crippen LogP contribution is -2.37. The maximum atomic E-state index is 9.99. The van der Waals surface area contributed by atoms with E-state index in [2.05, 4.69) is 21.3 Å². The van der Waals surface area contributed by atoms with E-state index in [1.165, 1.54) is 0 Å². The number of benzene rings is 2. The van der Waals surface area contributed by atoms with E-state index < -0.39 is 0 Å². The minimum absolute atomic E-state index is 0. The third-order valence-corrected chi connectivity index (χ3v) is 7.14. The van der Waals surface area contributed by atoms with Crippen LogP contribution in [0.3, 0.4) is 0 Å². The number of para-hydroxylation sites is 1. The van der Waals surface area contributed by atoms with E-state index in [-0.39, 0.29) is 37.7 Å². The van der Waals surface area contributed by atoms with E-state index in [0.29, 0.717) is 65.3 Å². The van der Waals surface area contributed by atoms with Gasteiger partial charge in [0.05, 0.1) is 60.9 Å². The Morgan fingerprint density at radius 2 is 1.85 bits per heavy atom. The van der Waals surface area contributed by atoms with Gasteiger partial charge in [-0.2, -0.15) is 5.26 Å². The van der Waals surface area contributed by atoms with Crippen molar-refractivity contribution in [3.63, 3.8) is 0 Å². The number of pyridine rings is 1. The number of halogens is 2. The van der Waals surface area contributed by atoms with Crippen molar-refractivity contribution in [3.05, 3.63) is 42.1 Å². The van der Waals surface area contributed by atoms with Crippen LogP contribution >= 0.6 is 24.8 Å². The number of ether oxygens (including phenoxy) is 6. The highest BCUT2D eigenvalue weighted by Crippen LogP contribution is 2.44. The standard InChI is InChI=1S/C29H32N4O6.2ClH/c30-17-20-18-31-24-15-22(36-10-2-7-33-8-13-35-14-9-33)16-26(39-21-5-11-34-12-6-21)27(24)28(20)32-23-3-1-4-25-29(23)38-19-37-25;;/h1,3-4,15-16,18,21H,2,5-14,19H2,(H,31,32);2*1H. The molecule has 220 valence electrons. The number of rotatable bonds is 9. The quantitative estimate of drug-likeness (QED) is 0.332. The zero-order valence-electron chi connectivity index (χ0n) is 22.6. The van der Waals surface area contributed by atoms with Gasteiger partial charge in [-0.25, -0.2) is 0 Å². The molecule has 1 aromatic heterocycles. The van der Waals surface area contributed by atoms with Gasteiger partial charge in [-0.15, -0.1) is 24.8 Å². The number of nitriles is 1. The number of nitrogens with one attached hydrogen (secondary N) is 1. The molecule has 2 fully saturated rings. The minimum atomic E-state index is -0.00480. The molecule has 0 bridgehead atoms. The van der Waals surface area contributed by atoms with Crippen LogP contribution in [0, 0.1) is 11.3 Å². The smallest absolute Gasteiger partial charge is 0.231 e. The first-order valence-corrected chi connectivity index (χ1v) is 13.5. The fourth-order valence-corrected chi connectivity index (χ4v) is 5.09. The third-order valence-electron chi connectivity index (χ3n) is 7.14. The Morgan fingerprint density at radius 1 is 1.05 bits per heavy atom. The Labute approximate surface area is 251 Å². The van der Waals surface area contributed by atoms with Crippen LogP contribution < -0.4 is 24.3 Å². The number of fused-ring (bicyclic) bond motifs is 2. The summed E-state index contributed by atoms with van der Waals surface area (Å²) >= 11 is 0. The molecular weight excluding hydrogens is 571 g/mol. The summed E-state index contributed by atoms with van der Waals surface area (Å²) in [5.74, 6) is 2.58. The largest absolute Gasteiger partial charge is 0.493 e. The average molecular weight is 606 g/mol. The second-order valence-electron chi connectivity index (χ2n) is 9.72. The van der Waals surface area contributed by atoms with Gasteiger partial charge in [0.1, 0.15) is 23.7 Å². The number of morpholine rings is 1. The zero-order valence-corrected chi connectivity index (χ0v) is 24.3. The van der Waals surface area contributed by atoms with Gasteiger partial charge in [-0.1, -0.05) is 6.07 Å². The molecule has 0 saturated carbocycles. The van der Waals surface area contributed by atoms with Crippen LogP contribution in [-0.4, -0.2) is 75.4 Å². The van der Waals surface area contributed by atoms with Gasteiger partial charge in [0.25, 0.3) is 0 Å². The maximum Gasteiger partial charge on any atom is 0.231 e. The lowest BCUT2D eigenvalue weighted by Gasteiger charge is -2.26. The van der Waals surface area contributed by atoms with Crippen molar-refractivity contribution in [2.75, 3.05) is 64.8 Å². The molecule has 1 N–H and O–H groups in total. The Kier molecular flexibility index (Phi) is 11.0. The summed E-state index contributed by atoms with van der Waals surface area (Å²) in [6.45, 7) is 6.50. The first-order chi connectivity index (χ1) is 19.3. The van der Waals surface area contributed by atoms with Crippen molar-refractivity contribution >= 4 is 47.1 Å². The number of hydrogen-bond donors (Lipinski definition) is 1. The molecule has 10 nitrogen and oxygen atoms in total. The summed E-state index contributed by atoms with van der Waals surface area (Å²) in [6.07, 6.45) is 4.05. The van der Waals surface area contributed by atoms with Gasteiger partial charge in [0.15, 0.2) is 11.5 Å². The molecule has 6 rings (SSSR count). The predicted octanol–water partition coefficient (Wildman–Crippen LogP) is 5.08. The first kappa shape index (κ1) is 30.8. The average Bonchev–Trinajstić information content (AvgIpc) is 3.47. The summed E-state index contributed by atoms with van der Waals surface area (Å²) in [7, 11) is 0. The van der Waals surface area contributed by atoms with Gasteiger partial charge in [-0.3, -0.25) is 9.88 Å². The van der Waals surface area contributed by atoms with Crippen LogP contribution in [0.15, 0.2) is 36.5 Å². The lowest BCUT2D eigenvalue weighted by atomic mass is 10.1. The summed E-state index contributed by atoms with van der Waals surface area (Å²) in [6, 6.07) is 11.7. The Balaban J connectivity index is 0.00000194. The van der Waals surface area contributed by atoms with Crippen LogP contribution in [0.25, 0.3) is 10.9 Å². The van der Waals surface area contributed by atoms with E-state index >= 15 is 0 Å². The topological polar surface area (TPSA) is 107 Å². The molecule has 0 unspecified atom stereocenters. The molecule has 0 atom stereocenters. The van der Waals surface area contributed by atoms with Crippen molar-refractivity contribution in [3.8, 4) is 29.1 Å². The van der Waals surface area contributed by atoms with E-state index in [1.807, 2.05) is 30.3 Å².